The summed E-state index contributed by atoms with van der Waals surface area (Å²) in [6, 6.07) is 2.06. The molecule has 4 nitrogen and oxygen atoms in total. The minimum absolute atomic E-state index is 0.0952. The van der Waals surface area contributed by atoms with E-state index < -0.39 is 0 Å². The SMILES string of the molecule is O=C(c1occc1Cl)N1CCC2CNC2C1. The van der Waals surface area contributed by atoms with Gasteiger partial charge in [0, 0.05) is 19.1 Å². The lowest BCUT2D eigenvalue weighted by atomic mass is 9.85. The van der Waals surface area contributed by atoms with Gasteiger partial charge in [0.25, 0.3) is 5.91 Å². The molecule has 3 rings (SSSR count). The second kappa shape index (κ2) is 3.79. The Morgan fingerprint density at radius 2 is 2.50 bits per heavy atom. The number of nitrogens with zero attached hydrogens (tertiary/aromatic N) is 1. The van der Waals surface area contributed by atoms with Crippen molar-refractivity contribution in [2.45, 2.75) is 12.5 Å². The Morgan fingerprint density at radius 1 is 1.62 bits per heavy atom. The number of furan rings is 1. The molecule has 1 aromatic rings. The molecule has 2 aliphatic heterocycles. The van der Waals surface area contributed by atoms with Gasteiger partial charge in [-0.1, -0.05) is 11.6 Å². The maximum absolute atomic E-state index is 12.1. The quantitative estimate of drug-likeness (QED) is 0.807. The van der Waals surface area contributed by atoms with Crippen molar-refractivity contribution in [1.29, 1.82) is 0 Å². The van der Waals surface area contributed by atoms with Gasteiger partial charge in [0.2, 0.25) is 5.76 Å². The van der Waals surface area contributed by atoms with E-state index in [-0.39, 0.29) is 11.7 Å². The molecule has 1 amide bonds. The summed E-state index contributed by atoms with van der Waals surface area (Å²) in [5, 5.41) is 3.73. The van der Waals surface area contributed by atoms with Crippen LogP contribution in [0.4, 0.5) is 0 Å². The Labute approximate surface area is 98.5 Å². The number of likely N-dealkylation sites (tertiary alicyclic amines) is 1. The number of carbonyl (C=O) groups is 1. The Balaban J connectivity index is 1.73. The zero-order valence-electron chi connectivity index (χ0n) is 8.78. The first-order valence-electron chi connectivity index (χ1n) is 5.51. The van der Waals surface area contributed by atoms with Crippen LogP contribution < -0.4 is 5.32 Å². The van der Waals surface area contributed by atoms with E-state index >= 15 is 0 Å². The molecule has 1 aromatic heterocycles. The average Bonchev–Trinajstić information content (AvgIpc) is 2.65. The van der Waals surface area contributed by atoms with Crippen LogP contribution in [0.25, 0.3) is 0 Å². The van der Waals surface area contributed by atoms with Gasteiger partial charge in [-0.2, -0.15) is 0 Å². The van der Waals surface area contributed by atoms with E-state index in [0.717, 1.165) is 32.0 Å². The van der Waals surface area contributed by atoms with Gasteiger partial charge in [0.1, 0.15) is 0 Å². The summed E-state index contributed by atoms with van der Waals surface area (Å²) in [7, 11) is 0. The van der Waals surface area contributed by atoms with Gasteiger partial charge in [0.15, 0.2) is 0 Å². The Kier molecular flexibility index (Phi) is 2.41. The van der Waals surface area contributed by atoms with E-state index in [0.29, 0.717) is 11.1 Å². The maximum atomic E-state index is 12.1. The fourth-order valence-corrected chi connectivity index (χ4v) is 2.57. The Bertz CT molecular complexity index is 418. The average molecular weight is 241 g/mol. The lowest BCUT2D eigenvalue weighted by Crippen LogP contribution is -2.62. The number of amides is 1. The molecule has 5 heteroatoms. The zero-order valence-corrected chi connectivity index (χ0v) is 9.54. The van der Waals surface area contributed by atoms with Crippen LogP contribution in [0.15, 0.2) is 16.7 Å². The van der Waals surface area contributed by atoms with Crippen molar-refractivity contribution >= 4 is 17.5 Å². The highest BCUT2D eigenvalue weighted by Crippen LogP contribution is 2.26. The molecule has 0 radical (unpaired) electrons. The molecule has 0 bridgehead atoms. The molecule has 0 aliphatic carbocycles. The highest BCUT2D eigenvalue weighted by molar-refractivity contribution is 6.33. The predicted molar refractivity (Wildman–Crippen MR) is 59.5 cm³/mol. The van der Waals surface area contributed by atoms with Crippen molar-refractivity contribution in [2.75, 3.05) is 19.6 Å². The summed E-state index contributed by atoms with van der Waals surface area (Å²) in [6.45, 7) is 2.66. The number of piperidine rings is 1. The first-order valence-corrected chi connectivity index (χ1v) is 5.89. The third-order valence-corrected chi connectivity index (χ3v) is 3.79. The summed E-state index contributed by atoms with van der Waals surface area (Å²) in [4.78, 5) is 13.9. The lowest BCUT2D eigenvalue weighted by Gasteiger charge is -2.46. The van der Waals surface area contributed by atoms with Crippen molar-refractivity contribution < 1.29 is 9.21 Å². The number of hydrogen-bond donors (Lipinski definition) is 1. The van der Waals surface area contributed by atoms with Crippen LogP contribution in [0.3, 0.4) is 0 Å². The third kappa shape index (κ3) is 1.53. The molecule has 1 N–H and O–H groups in total. The van der Waals surface area contributed by atoms with Crippen molar-refractivity contribution in [1.82, 2.24) is 10.2 Å². The minimum Gasteiger partial charge on any atom is -0.458 e. The predicted octanol–water partition coefficient (Wildman–Crippen LogP) is 1.37. The summed E-state index contributed by atoms with van der Waals surface area (Å²) in [6.07, 6.45) is 2.52. The number of hydrogen-bond acceptors (Lipinski definition) is 3. The first kappa shape index (κ1) is 10.2. The Hall–Kier alpha value is -1.00. The van der Waals surface area contributed by atoms with Crippen molar-refractivity contribution in [3.63, 3.8) is 0 Å². The van der Waals surface area contributed by atoms with E-state index in [1.165, 1.54) is 6.26 Å². The van der Waals surface area contributed by atoms with Crippen LogP contribution >= 0.6 is 11.6 Å². The molecule has 2 aliphatic rings. The smallest absolute Gasteiger partial charge is 0.291 e. The lowest BCUT2D eigenvalue weighted by molar-refractivity contribution is 0.0491. The minimum atomic E-state index is -0.0952. The number of rotatable bonds is 1. The molecule has 16 heavy (non-hydrogen) atoms. The van der Waals surface area contributed by atoms with Gasteiger partial charge in [0.05, 0.1) is 11.3 Å². The summed E-state index contributed by atoms with van der Waals surface area (Å²) < 4.78 is 5.12. The van der Waals surface area contributed by atoms with Crippen LogP contribution in [-0.4, -0.2) is 36.5 Å². The van der Waals surface area contributed by atoms with Crippen molar-refractivity contribution in [2.24, 2.45) is 5.92 Å². The molecule has 2 atom stereocenters. The van der Waals surface area contributed by atoms with Gasteiger partial charge < -0.3 is 14.6 Å². The standard InChI is InChI=1S/C11H13ClN2O2/c12-8-2-4-16-10(8)11(15)14-3-1-7-5-13-9(7)6-14/h2,4,7,9,13H,1,3,5-6H2. The second-order valence-electron chi connectivity index (χ2n) is 4.41. The van der Waals surface area contributed by atoms with Crippen LogP contribution in [-0.2, 0) is 0 Å². The van der Waals surface area contributed by atoms with Gasteiger partial charge in [-0.05, 0) is 24.9 Å². The van der Waals surface area contributed by atoms with E-state index in [4.69, 9.17) is 16.0 Å². The molecule has 2 saturated heterocycles. The molecular weight excluding hydrogens is 228 g/mol. The summed E-state index contributed by atoms with van der Waals surface area (Å²) in [5.41, 5.74) is 0. The van der Waals surface area contributed by atoms with Gasteiger partial charge >= 0.3 is 0 Å². The largest absolute Gasteiger partial charge is 0.458 e. The Morgan fingerprint density at radius 3 is 3.06 bits per heavy atom. The van der Waals surface area contributed by atoms with Crippen LogP contribution in [0.2, 0.25) is 5.02 Å². The van der Waals surface area contributed by atoms with Crippen LogP contribution in [0, 0.1) is 5.92 Å². The molecule has 3 heterocycles. The number of nitrogens with one attached hydrogen (secondary N) is 1. The highest BCUT2D eigenvalue weighted by Gasteiger charge is 2.38. The van der Waals surface area contributed by atoms with E-state index in [1.807, 2.05) is 4.90 Å². The summed E-state index contributed by atoms with van der Waals surface area (Å²) in [5.74, 6) is 0.915. The molecule has 86 valence electrons. The van der Waals surface area contributed by atoms with E-state index in [2.05, 4.69) is 5.32 Å². The van der Waals surface area contributed by atoms with Crippen LogP contribution in [0.5, 0.6) is 0 Å². The second-order valence-corrected chi connectivity index (χ2v) is 4.82. The molecular formula is C11H13ClN2O2. The van der Waals surface area contributed by atoms with E-state index in [9.17, 15) is 4.79 Å². The van der Waals surface area contributed by atoms with Gasteiger partial charge in [-0.3, -0.25) is 4.79 Å². The number of halogens is 1. The fraction of sp³-hybridized carbons (Fsp3) is 0.545. The maximum Gasteiger partial charge on any atom is 0.291 e. The first-order chi connectivity index (χ1) is 7.75. The number of carbonyl (C=O) groups excluding carboxylic acids is 1. The molecule has 0 aromatic carbocycles. The fourth-order valence-electron chi connectivity index (χ4n) is 2.39. The monoisotopic (exact) mass is 240 g/mol. The highest BCUT2D eigenvalue weighted by atomic mass is 35.5. The normalized spacial score (nSPS) is 28.4. The van der Waals surface area contributed by atoms with Gasteiger partial charge in [-0.25, -0.2) is 0 Å². The van der Waals surface area contributed by atoms with Crippen molar-refractivity contribution in [3.8, 4) is 0 Å². The zero-order chi connectivity index (χ0) is 11.1. The van der Waals surface area contributed by atoms with E-state index in [1.54, 1.807) is 6.07 Å². The molecule has 0 saturated carbocycles. The van der Waals surface area contributed by atoms with Crippen molar-refractivity contribution in [3.05, 3.63) is 23.1 Å². The van der Waals surface area contributed by atoms with Gasteiger partial charge in [-0.15, -0.1) is 0 Å². The molecule has 0 spiro atoms. The summed E-state index contributed by atoms with van der Waals surface area (Å²) >= 11 is 5.88. The topological polar surface area (TPSA) is 45.5 Å². The van der Waals surface area contributed by atoms with Crippen LogP contribution in [0.1, 0.15) is 17.0 Å². The molecule has 2 unspecified atom stereocenters. The molecule has 2 fully saturated rings. The third-order valence-electron chi connectivity index (χ3n) is 3.50. The number of fused-ring (bicyclic) bond motifs is 1.